The highest BCUT2D eigenvalue weighted by Gasteiger charge is 2.14. The number of phenols is 1. The molecule has 0 unspecified atom stereocenters. The molecule has 1 aromatic carbocycles. The number of rotatable bonds is 4. The van der Waals surface area contributed by atoms with Gasteiger partial charge in [0.1, 0.15) is 5.75 Å². The largest absolute Gasteiger partial charge is 0.507 e. The maximum Gasteiger partial charge on any atom is 0.122 e. The average molecular weight is 238 g/mol. The van der Waals surface area contributed by atoms with Gasteiger partial charge in [0.05, 0.1) is 0 Å². The van der Waals surface area contributed by atoms with Gasteiger partial charge in [-0.2, -0.15) is 11.8 Å². The predicted octanol–water partition coefficient (Wildman–Crippen LogP) is 4.50. The highest BCUT2D eigenvalue weighted by atomic mass is 32.2. The summed E-state index contributed by atoms with van der Waals surface area (Å²) in [6.45, 7) is 8.51. The van der Waals surface area contributed by atoms with Gasteiger partial charge in [-0.25, -0.2) is 0 Å². The topological polar surface area (TPSA) is 20.2 Å². The number of hydrogen-bond acceptors (Lipinski definition) is 2. The minimum absolute atomic E-state index is 0.374. The van der Waals surface area contributed by atoms with Crippen LogP contribution in [0.4, 0.5) is 0 Å². The van der Waals surface area contributed by atoms with E-state index >= 15 is 0 Å². The number of aromatic hydroxyl groups is 1. The van der Waals surface area contributed by atoms with Crippen LogP contribution in [0.1, 0.15) is 56.2 Å². The van der Waals surface area contributed by atoms with Crippen LogP contribution in [0.25, 0.3) is 0 Å². The second-order valence-corrected chi connectivity index (χ2v) is 5.73. The summed E-state index contributed by atoms with van der Waals surface area (Å²) >= 11 is 1.82. The molecule has 0 radical (unpaired) electrons. The lowest BCUT2D eigenvalue weighted by Crippen LogP contribution is -1.98. The Balaban J connectivity index is 3.27. The zero-order chi connectivity index (χ0) is 12.3. The quantitative estimate of drug-likeness (QED) is 0.833. The zero-order valence-corrected chi connectivity index (χ0v) is 11.7. The van der Waals surface area contributed by atoms with Crippen LogP contribution in [-0.2, 0) is 5.75 Å². The second kappa shape index (κ2) is 5.62. The first-order valence-corrected chi connectivity index (χ1v) is 7.21. The smallest absolute Gasteiger partial charge is 0.122 e. The molecular formula is C14H22OS. The van der Waals surface area contributed by atoms with Crippen molar-refractivity contribution in [3.8, 4) is 5.75 Å². The first kappa shape index (κ1) is 13.4. The van der Waals surface area contributed by atoms with Crippen LogP contribution in [0.2, 0.25) is 0 Å². The number of hydrogen-bond donors (Lipinski definition) is 1. The Morgan fingerprint density at radius 2 is 1.50 bits per heavy atom. The minimum atomic E-state index is 0.374. The van der Waals surface area contributed by atoms with Crippen LogP contribution in [0, 0.1) is 0 Å². The van der Waals surface area contributed by atoms with E-state index in [-0.39, 0.29) is 0 Å². The molecule has 0 fully saturated rings. The molecule has 2 heteroatoms. The van der Waals surface area contributed by atoms with Crippen LogP contribution in [-0.4, -0.2) is 11.4 Å². The summed E-state index contributed by atoms with van der Waals surface area (Å²) in [6.07, 6.45) is 2.11. The van der Waals surface area contributed by atoms with Gasteiger partial charge in [-0.05, 0) is 34.8 Å². The third kappa shape index (κ3) is 2.94. The summed E-state index contributed by atoms with van der Waals surface area (Å²) < 4.78 is 0. The molecule has 0 aliphatic rings. The Kier molecular flexibility index (Phi) is 4.72. The van der Waals surface area contributed by atoms with E-state index in [2.05, 4.69) is 46.1 Å². The van der Waals surface area contributed by atoms with E-state index < -0.39 is 0 Å². The van der Waals surface area contributed by atoms with Gasteiger partial charge in [0.15, 0.2) is 0 Å². The van der Waals surface area contributed by atoms with E-state index in [1.165, 1.54) is 5.56 Å². The van der Waals surface area contributed by atoms with Crippen LogP contribution >= 0.6 is 11.8 Å². The van der Waals surface area contributed by atoms with E-state index in [1.807, 2.05) is 11.8 Å². The Labute approximate surface area is 103 Å². The molecule has 0 atom stereocenters. The Morgan fingerprint density at radius 1 is 1.06 bits per heavy atom. The fourth-order valence-corrected chi connectivity index (χ4v) is 2.37. The molecule has 0 aromatic heterocycles. The van der Waals surface area contributed by atoms with Crippen molar-refractivity contribution < 1.29 is 5.11 Å². The molecule has 1 rings (SSSR count). The lowest BCUT2D eigenvalue weighted by atomic mass is 9.92. The number of benzene rings is 1. The second-order valence-electron chi connectivity index (χ2n) is 4.87. The van der Waals surface area contributed by atoms with E-state index in [9.17, 15) is 5.11 Å². The van der Waals surface area contributed by atoms with Gasteiger partial charge in [0.2, 0.25) is 0 Å². The Hall–Kier alpha value is -0.630. The van der Waals surface area contributed by atoms with Crippen molar-refractivity contribution in [3.05, 3.63) is 28.8 Å². The lowest BCUT2D eigenvalue weighted by molar-refractivity contribution is 0.454. The third-order valence-electron chi connectivity index (χ3n) is 2.78. The first-order chi connectivity index (χ1) is 7.47. The standard InChI is InChI=1S/C14H22OS/c1-9(2)12-6-11(8-16-5)7-13(10(3)4)14(12)15/h6-7,9-10,15H,8H2,1-5H3. The van der Waals surface area contributed by atoms with Crippen molar-refractivity contribution in [2.75, 3.05) is 6.26 Å². The van der Waals surface area contributed by atoms with Gasteiger partial charge in [0, 0.05) is 5.75 Å². The van der Waals surface area contributed by atoms with Crippen LogP contribution in [0.15, 0.2) is 12.1 Å². The van der Waals surface area contributed by atoms with Gasteiger partial charge in [-0.15, -0.1) is 0 Å². The van der Waals surface area contributed by atoms with Gasteiger partial charge in [0.25, 0.3) is 0 Å². The average Bonchev–Trinajstić information content (AvgIpc) is 2.19. The van der Waals surface area contributed by atoms with E-state index in [0.717, 1.165) is 16.9 Å². The molecule has 0 aliphatic heterocycles. The lowest BCUT2D eigenvalue weighted by Gasteiger charge is -2.17. The van der Waals surface area contributed by atoms with Crippen molar-refractivity contribution in [3.63, 3.8) is 0 Å². The normalized spacial score (nSPS) is 11.4. The predicted molar refractivity (Wildman–Crippen MR) is 73.5 cm³/mol. The fourth-order valence-electron chi connectivity index (χ4n) is 1.87. The molecule has 1 aromatic rings. The maximum absolute atomic E-state index is 10.2. The summed E-state index contributed by atoms with van der Waals surface area (Å²) in [5.41, 5.74) is 3.48. The molecule has 16 heavy (non-hydrogen) atoms. The molecular weight excluding hydrogens is 216 g/mol. The van der Waals surface area contributed by atoms with Gasteiger partial charge in [-0.3, -0.25) is 0 Å². The van der Waals surface area contributed by atoms with Crippen molar-refractivity contribution in [1.29, 1.82) is 0 Å². The van der Waals surface area contributed by atoms with Gasteiger partial charge in [-0.1, -0.05) is 39.8 Å². The summed E-state index contributed by atoms with van der Waals surface area (Å²) in [6, 6.07) is 4.28. The van der Waals surface area contributed by atoms with Gasteiger partial charge >= 0.3 is 0 Å². The Morgan fingerprint density at radius 3 is 1.81 bits per heavy atom. The number of phenolic OH excluding ortho intramolecular Hbond substituents is 1. The Bertz CT molecular complexity index is 327. The monoisotopic (exact) mass is 238 g/mol. The molecule has 0 spiro atoms. The first-order valence-electron chi connectivity index (χ1n) is 5.82. The highest BCUT2D eigenvalue weighted by Crippen LogP contribution is 2.35. The molecule has 0 heterocycles. The molecule has 1 N–H and O–H groups in total. The van der Waals surface area contributed by atoms with Crippen LogP contribution in [0.5, 0.6) is 5.75 Å². The summed E-state index contributed by atoms with van der Waals surface area (Å²) in [4.78, 5) is 0. The summed E-state index contributed by atoms with van der Waals surface area (Å²) in [5, 5.41) is 10.2. The SMILES string of the molecule is CSCc1cc(C(C)C)c(O)c(C(C)C)c1. The van der Waals surface area contributed by atoms with Crippen LogP contribution < -0.4 is 0 Å². The molecule has 1 nitrogen and oxygen atoms in total. The molecule has 0 bridgehead atoms. The molecule has 90 valence electrons. The summed E-state index contributed by atoms with van der Waals surface area (Å²) in [5.74, 6) is 2.26. The van der Waals surface area contributed by atoms with Crippen molar-refractivity contribution in [1.82, 2.24) is 0 Å². The third-order valence-corrected chi connectivity index (χ3v) is 3.41. The van der Waals surface area contributed by atoms with E-state index in [1.54, 1.807) is 0 Å². The van der Waals surface area contributed by atoms with Crippen molar-refractivity contribution >= 4 is 11.8 Å². The van der Waals surface area contributed by atoms with Crippen LogP contribution in [0.3, 0.4) is 0 Å². The van der Waals surface area contributed by atoms with Gasteiger partial charge < -0.3 is 5.11 Å². The van der Waals surface area contributed by atoms with Crippen molar-refractivity contribution in [2.45, 2.75) is 45.3 Å². The molecule has 0 aliphatic carbocycles. The highest BCUT2D eigenvalue weighted by molar-refractivity contribution is 7.97. The maximum atomic E-state index is 10.2. The molecule has 0 saturated heterocycles. The van der Waals surface area contributed by atoms with Crippen molar-refractivity contribution in [2.24, 2.45) is 0 Å². The summed E-state index contributed by atoms with van der Waals surface area (Å²) in [7, 11) is 0. The molecule has 0 amide bonds. The van der Waals surface area contributed by atoms with E-state index in [4.69, 9.17) is 0 Å². The van der Waals surface area contributed by atoms with E-state index in [0.29, 0.717) is 17.6 Å². The molecule has 0 saturated carbocycles. The number of thioether (sulfide) groups is 1. The zero-order valence-electron chi connectivity index (χ0n) is 10.9. The minimum Gasteiger partial charge on any atom is -0.507 e. The fraction of sp³-hybridized carbons (Fsp3) is 0.571.